The van der Waals surface area contributed by atoms with Gasteiger partial charge in [0.1, 0.15) is 0 Å². The van der Waals surface area contributed by atoms with Gasteiger partial charge in [-0.1, -0.05) is 71.4 Å². The highest BCUT2D eigenvalue weighted by Gasteiger charge is 2.39. The summed E-state index contributed by atoms with van der Waals surface area (Å²) in [6.45, 7) is 21.4. The normalized spacial score (nSPS) is 13.7. The largest absolute Gasteiger partial charge is 0.371 e. The number of rotatable bonds is 7. The highest BCUT2D eigenvalue weighted by molar-refractivity contribution is 5.25. The minimum Gasteiger partial charge on any atom is -0.371 e. The Morgan fingerprint density at radius 3 is 1.86 bits per heavy atom. The van der Waals surface area contributed by atoms with Gasteiger partial charge in [0.25, 0.3) is 0 Å². The number of hydrogen-bond donors (Lipinski definition) is 0. The maximum absolute atomic E-state index is 6.27. The van der Waals surface area contributed by atoms with Crippen molar-refractivity contribution in [2.75, 3.05) is 6.61 Å². The molecule has 0 saturated carbocycles. The molecular formula is C21H36O. The van der Waals surface area contributed by atoms with Gasteiger partial charge in [0.2, 0.25) is 0 Å². The molecule has 0 heterocycles. The number of aryl methyl sites for hydroxylation is 1. The molecule has 0 spiro atoms. The van der Waals surface area contributed by atoms with Gasteiger partial charge in [0.15, 0.2) is 0 Å². The molecule has 0 N–H and O–H groups in total. The third-order valence-corrected chi connectivity index (χ3v) is 6.12. The molecule has 0 aliphatic carbocycles. The van der Waals surface area contributed by atoms with Crippen LogP contribution in [0.2, 0.25) is 0 Å². The molecule has 0 aromatic heterocycles. The lowest BCUT2D eigenvalue weighted by atomic mass is 9.61. The molecule has 1 aromatic rings. The van der Waals surface area contributed by atoms with Gasteiger partial charge in [0, 0.05) is 6.61 Å². The predicted octanol–water partition coefficient (Wildman–Crippen LogP) is 6.35. The van der Waals surface area contributed by atoms with E-state index in [1.807, 2.05) is 0 Å². The molecule has 0 aliphatic heterocycles. The van der Waals surface area contributed by atoms with Gasteiger partial charge in [0.05, 0.1) is 5.60 Å². The van der Waals surface area contributed by atoms with Gasteiger partial charge in [-0.25, -0.2) is 0 Å². The zero-order chi connectivity index (χ0) is 17.2. The number of ether oxygens (including phenoxy) is 1. The van der Waals surface area contributed by atoms with Gasteiger partial charge >= 0.3 is 0 Å². The summed E-state index contributed by atoms with van der Waals surface area (Å²) in [7, 11) is 0. The Labute approximate surface area is 138 Å². The van der Waals surface area contributed by atoms with Crippen molar-refractivity contribution in [2.45, 2.75) is 74.3 Å². The zero-order valence-corrected chi connectivity index (χ0v) is 16.2. The van der Waals surface area contributed by atoms with Crippen molar-refractivity contribution in [2.24, 2.45) is 16.7 Å². The van der Waals surface area contributed by atoms with E-state index in [0.29, 0.717) is 11.3 Å². The van der Waals surface area contributed by atoms with Gasteiger partial charge in [-0.3, -0.25) is 0 Å². The molecule has 0 bridgehead atoms. The zero-order valence-electron chi connectivity index (χ0n) is 16.2. The first-order chi connectivity index (χ1) is 9.90. The Morgan fingerprint density at radius 1 is 0.909 bits per heavy atom. The second-order valence-electron chi connectivity index (χ2n) is 8.74. The maximum Gasteiger partial charge on any atom is 0.0875 e. The second kappa shape index (κ2) is 6.74. The Morgan fingerprint density at radius 2 is 1.41 bits per heavy atom. The molecule has 0 aliphatic rings. The Kier molecular flexibility index (Phi) is 5.89. The molecule has 0 saturated heterocycles. The summed E-state index contributed by atoms with van der Waals surface area (Å²) in [6.07, 6.45) is 1.08. The van der Waals surface area contributed by atoms with E-state index in [4.69, 9.17) is 4.74 Å². The van der Waals surface area contributed by atoms with E-state index in [0.717, 1.165) is 13.0 Å². The Bertz CT molecular complexity index is 463. The molecule has 1 nitrogen and oxygen atoms in total. The predicted molar refractivity (Wildman–Crippen MR) is 97.2 cm³/mol. The van der Waals surface area contributed by atoms with Crippen LogP contribution < -0.4 is 0 Å². The van der Waals surface area contributed by atoms with Crippen LogP contribution >= 0.6 is 0 Å². The van der Waals surface area contributed by atoms with Crippen LogP contribution in [0.1, 0.15) is 72.9 Å². The fourth-order valence-corrected chi connectivity index (χ4v) is 2.70. The third kappa shape index (κ3) is 4.35. The molecule has 1 rings (SSSR count). The van der Waals surface area contributed by atoms with Crippen LogP contribution in [0.5, 0.6) is 0 Å². The molecule has 0 radical (unpaired) electrons. The summed E-state index contributed by atoms with van der Waals surface area (Å²) in [5.74, 6) is 0.660. The van der Waals surface area contributed by atoms with E-state index in [9.17, 15) is 0 Å². The highest BCUT2D eigenvalue weighted by Crippen LogP contribution is 2.46. The van der Waals surface area contributed by atoms with Crippen molar-refractivity contribution >= 4 is 0 Å². The van der Waals surface area contributed by atoms with E-state index < -0.39 is 0 Å². The molecule has 0 atom stereocenters. The van der Waals surface area contributed by atoms with Gasteiger partial charge in [-0.2, -0.15) is 0 Å². The van der Waals surface area contributed by atoms with Crippen LogP contribution in [0, 0.1) is 23.7 Å². The monoisotopic (exact) mass is 304 g/mol. The molecule has 1 heteroatoms. The Balaban J connectivity index is 2.68. The van der Waals surface area contributed by atoms with Crippen LogP contribution in [0.3, 0.4) is 0 Å². The SMILES string of the molecule is Cc1ccc(C(C)(C)OCCC(C)(C)C(C)(C)C(C)C)cc1. The van der Waals surface area contributed by atoms with Crippen LogP contribution in [-0.2, 0) is 10.3 Å². The summed E-state index contributed by atoms with van der Waals surface area (Å²) in [6, 6.07) is 8.68. The van der Waals surface area contributed by atoms with Crippen LogP contribution in [0.4, 0.5) is 0 Å². The summed E-state index contributed by atoms with van der Waals surface area (Å²) >= 11 is 0. The smallest absolute Gasteiger partial charge is 0.0875 e. The fraction of sp³-hybridized carbons (Fsp3) is 0.714. The van der Waals surface area contributed by atoms with Crippen molar-refractivity contribution in [1.82, 2.24) is 0 Å². The summed E-state index contributed by atoms with van der Waals surface area (Å²) < 4.78 is 6.27. The van der Waals surface area contributed by atoms with Crippen molar-refractivity contribution in [3.05, 3.63) is 35.4 Å². The van der Waals surface area contributed by atoms with Crippen molar-refractivity contribution < 1.29 is 4.74 Å². The van der Waals surface area contributed by atoms with Gasteiger partial charge in [-0.15, -0.1) is 0 Å². The third-order valence-electron chi connectivity index (χ3n) is 6.12. The molecule has 126 valence electrons. The lowest BCUT2D eigenvalue weighted by Crippen LogP contribution is -2.38. The Hall–Kier alpha value is -0.820. The maximum atomic E-state index is 6.27. The van der Waals surface area contributed by atoms with E-state index in [1.165, 1.54) is 11.1 Å². The summed E-state index contributed by atoms with van der Waals surface area (Å²) in [5.41, 5.74) is 2.86. The first kappa shape index (κ1) is 19.2. The van der Waals surface area contributed by atoms with Gasteiger partial charge in [-0.05, 0) is 49.5 Å². The van der Waals surface area contributed by atoms with Gasteiger partial charge < -0.3 is 4.74 Å². The lowest BCUT2D eigenvalue weighted by molar-refractivity contribution is -0.0536. The summed E-state index contributed by atoms with van der Waals surface area (Å²) in [5, 5.41) is 0. The van der Waals surface area contributed by atoms with Crippen LogP contribution in [0.25, 0.3) is 0 Å². The lowest BCUT2D eigenvalue weighted by Gasteiger charge is -2.45. The highest BCUT2D eigenvalue weighted by atomic mass is 16.5. The van der Waals surface area contributed by atoms with Crippen molar-refractivity contribution in [1.29, 1.82) is 0 Å². The number of benzene rings is 1. The van der Waals surface area contributed by atoms with E-state index >= 15 is 0 Å². The minimum absolute atomic E-state index is 0.230. The molecular weight excluding hydrogens is 268 g/mol. The summed E-state index contributed by atoms with van der Waals surface area (Å²) in [4.78, 5) is 0. The van der Waals surface area contributed by atoms with Crippen molar-refractivity contribution in [3.63, 3.8) is 0 Å². The molecule has 1 aromatic carbocycles. The van der Waals surface area contributed by atoms with E-state index in [-0.39, 0.29) is 11.0 Å². The molecule has 0 fully saturated rings. The standard InChI is InChI=1S/C21H36O/c1-16(2)20(6,7)19(4,5)14-15-22-21(8,9)18-12-10-17(3)11-13-18/h10-13,16H,14-15H2,1-9H3. The molecule has 22 heavy (non-hydrogen) atoms. The van der Waals surface area contributed by atoms with Crippen molar-refractivity contribution in [3.8, 4) is 0 Å². The second-order valence-corrected chi connectivity index (χ2v) is 8.74. The number of hydrogen-bond acceptors (Lipinski definition) is 1. The minimum atomic E-state index is -0.230. The first-order valence-electron chi connectivity index (χ1n) is 8.61. The first-order valence-corrected chi connectivity index (χ1v) is 8.61. The molecule has 0 unspecified atom stereocenters. The molecule has 0 amide bonds. The van der Waals surface area contributed by atoms with E-state index in [1.54, 1.807) is 0 Å². The quantitative estimate of drug-likeness (QED) is 0.570. The average Bonchev–Trinajstić information content (AvgIpc) is 2.38. The fourth-order valence-electron chi connectivity index (χ4n) is 2.70. The van der Waals surface area contributed by atoms with Crippen LogP contribution in [0.15, 0.2) is 24.3 Å². The van der Waals surface area contributed by atoms with E-state index in [2.05, 4.69) is 86.6 Å². The van der Waals surface area contributed by atoms with Crippen LogP contribution in [-0.4, -0.2) is 6.61 Å². The topological polar surface area (TPSA) is 9.23 Å². The average molecular weight is 305 g/mol.